The second kappa shape index (κ2) is 9.57. The van der Waals surface area contributed by atoms with Crippen LogP contribution < -0.4 is 4.90 Å². The first-order valence-electron chi connectivity index (χ1n) is 16.3. The lowest BCUT2D eigenvalue weighted by molar-refractivity contribution is 0.660. The molecule has 8 aromatic carbocycles. The summed E-state index contributed by atoms with van der Waals surface area (Å²) in [5, 5.41) is 9.61. The number of benzene rings is 8. The molecule has 9 aromatic rings. The summed E-state index contributed by atoms with van der Waals surface area (Å²) < 4.78 is 6.25. The van der Waals surface area contributed by atoms with Crippen LogP contribution in [0, 0.1) is 0 Å². The van der Waals surface area contributed by atoms with Gasteiger partial charge in [0, 0.05) is 33.2 Å². The van der Waals surface area contributed by atoms with Gasteiger partial charge in [0.25, 0.3) is 0 Å². The maximum Gasteiger partial charge on any atom is 0.136 e. The quantitative estimate of drug-likeness (QED) is 0.187. The molecule has 0 spiro atoms. The smallest absolute Gasteiger partial charge is 0.136 e. The number of hydrogen-bond acceptors (Lipinski definition) is 2. The fourth-order valence-electron chi connectivity index (χ4n) is 8.01. The van der Waals surface area contributed by atoms with Gasteiger partial charge in [0.05, 0.1) is 0 Å². The molecule has 0 saturated heterocycles. The second-order valence-electron chi connectivity index (χ2n) is 13.4. The van der Waals surface area contributed by atoms with Gasteiger partial charge >= 0.3 is 0 Å². The van der Waals surface area contributed by atoms with Crippen molar-refractivity contribution in [2.45, 2.75) is 19.3 Å². The molecule has 1 aromatic heterocycles. The minimum atomic E-state index is -0.0390. The van der Waals surface area contributed by atoms with E-state index in [-0.39, 0.29) is 5.41 Å². The molecule has 0 N–H and O–H groups in total. The summed E-state index contributed by atoms with van der Waals surface area (Å²) in [4.78, 5) is 2.42. The monoisotopic (exact) mass is 601 g/mol. The Balaban J connectivity index is 1.23. The molecule has 47 heavy (non-hydrogen) atoms. The zero-order chi connectivity index (χ0) is 31.3. The third kappa shape index (κ3) is 3.85. The summed E-state index contributed by atoms with van der Waals surface area (Å²) in [6.07, 6.45) is 0. The molecule has 0 aliphatic heterocycles. The molecule has 0 saturated carbocycles. The largest absolute Gasteiger partial charge is 0.456 e. The molecule has 0 fully saturated rings. The van der Waals surface area contributed by atoms with Crippen LogP contribution in [0.3, 0.4) is 0 Å². The molecule has 0 unspecified atom stereocenters. The topological polar surface area (TPSA) is 16.4 Å². The van der Waals surface area contributed by atoms with E-state index in [9.17, 15) is 0 Å². The molecular weight excluding hydrogens is 571 g/mol. The Kier molecular flexibility index (Phi) is 5.37. The Bertz CT molecular complexity index is 2730. The first-order valence-corrected chi connectivity index (χ1v) is 16.3. The Labute approximate surface area is 273 Å². The van der Waals surface area contributed by atoms with Crippen molar-refractivity contribution in [1.82, 2.24) is 0 Å². The first-order chi connectivity index (χ1) is 23.0. The Morgan fingerprint density at radius 3 is 1.96 bits per heavy atom. The number of hydrogen-bond donors (Lipinski definition) is 0. The molecule has 0 radical (unpaired) electrons. The van der Waals surface area contributed by atoms with Gasteiger partial charge in [-0.25, -0.2) is 0 Å². The molecule has 2 heteroatoms. The number of para-hydroxylation sites is 1. The van der Waals surface area contributed by atoms with Gasteiger partial charge in [-0.3, -0.25) is 0 Å². The van der Waals surface area contributed by atoms with Crippen molar-refractivity contribution < 1.29 is 4.42 Å². The maximum absolute atomic E-state index is 6.25. The fourth-order valence-corrected chi connectivity index (χ4v) is 8.01. The van der Waals surface area contributed by atoms with Crippen LogP contribution >= 0.6 is 0 Å². The van der Waals surface area contributed by atoms with Gasteiger partial charge in [-0.15, -0.1) is 0 Å². The lowest BCUT2D eigenvalue weighted by atomic mass is 9.82. The van der Waals surface area contributed by atoms with E-state index in [1.807, 2.05) is 12.1 Å². The first kappa shape index (κ1) is 26.4. The van der Waals surface area contributed by atoms with Crippen molar-refractivity contribution in [3.8, 4) is 11.1 Å². The standard InChI is InChI=1S/C45H31NO/c1-45(2)41-13-7-5-11-35(41)39-26-34(21-22-42(39)45)46(32-19-17-28-9-3-4-10-30(28)23-32)33-20-18-29-15-16-31-24-44-40(27-38(31)37(29)25-33)36-12-6-8-14-43(36)47-44/h3-27H,1-2H3. The average Bonchev–Trinajstić information content (AvgIpc) is 3.58. The van der Waals surface area contributed by atoms with Crippen molar-refractivity contribution in [2.75, 3.05) is 4.90 Å². The molecule has 0 bridgehead atoms. The molecule has 1 aliphatic rings. The van der Waals surface area contributed by atoms with E-state index in [1.165, 1.54) is 54.6 Å². The summed E-state index contributed by atoms with van der Waals surface area (Å²) >= 11 is 0. The zero-order valence-electron chi connectivity index (χ0n) is 26.3. The van der Waals surface area contributed by atoms with Gasteiger partial charge in [0.2, 0.25) is 0 Å². The highest BCUT2D eigenvalue weighted by molar-refractivity contribution is 6.17. The van der Waals surface area contributed by atoms with Crippen LogP contribution in [-0.4, -0.2) is 0 Å². The molecule has 1 heterocycles. The maximum atomic E-state index is 6.25. The van der Waals surface area contributed by atoms with Crippen LogP contribution in [0.15, 0.2) is 156 Å². The molecule has 0 atom stereocenters. The second-order valence-corrected chi connectivity index (χ2v) is 13.4. The van der Waals surface area contributed by atoms with Crippen molar-refractivity contribution in [1.29, 1.82) is 0 Å². The van der Waals surface area contributed by atoms with Gasteiger partial charge in [0.1, 0.15) is 11.2 Å². The highest BCUT2D eigenvalue weighted by atomic mass is 16.3. The van der Waals surface area contributed by atoms with Gasteiger partial charge < -0.3 is 9.32 Å². The SMILES string of the molecule is CC1(C)c2ccccc2-c2cc(N(c3ccc4ccccc4c3)c3ccc4ccc5cc6oc7ccccc7c6cc5c4c3)ccc21. The van der Waals surface area contributed by atoms with Gasteiger partial charge in [-0.2, -0.15) is 0 Å². The van der Waals surface area contributed by atoms with E-state index in [2.05, 4.69) is 158 Å². The van der Waals surface area contributed by atoms with Gasteiger partial charge in [0.15, 0.2) is 0 Å². The van der Waals surface area contributed by atoms with Crippen LogP contribution in [-0.2, 0) is 5.41 Å². The van der Waals surface area contributed by atoms with E-state index in [4.69, 9.17) is 4.42 Å². The third-order valence-corrected chi connectivity index (χ3v) is 10.4. The predicted octanol–water partition coefficient (Wildman–Crippen LogP) is 12.8. The lowest BCUT2D eigenvalue weighted by Gasteiger charge is -2.28. The van der Waals surface area contributed by atoms with E-state index >= 15 is 0 Å². The molecule has 10 rings (SSSR count). The van der Waals surface area contributed by atoms with Crippen molar-refractivity contribution in [3.05, 3.63) is 163 Å². The van der Waals surface area contributed by atoms with E-state index in [0.717, 1.165) is 39.0 Å². The van der Waals surface area contributed by atoms with Crippen LogP contribution in [0.4, 0.5) is 17.1 Å². The van der Waals surface area contributed by atoms with E-state index in [1.54, 1.807) is 0 Å². The molecular formula is C45H31NO. The van der Waals surface area contributed by atoms with Crippen molar-refractivity contribution in [2.24, 2.45) is 0 Å². The number of fused-ring (bicyclic) bond motifs is 10. The van der Waals surface area contributed by atoms with Crippen molar-refractivity contribution in [3.63, 3.8) is 0 Å². The molecule has 0 amide bonds. The number of furan rings is 1. The summed E-state index contributed by atoms with van der Waals surface area (Å²) in [5.74, 6) is 0. The Hall–Kier alpha value is -5.86. The Morgan fingerprint density at radius 1 is 0.404 bits per heavy atom. The average molecular weight is 602 g/mol. The zero-order valence-corrected chi connectivity index (χ0v) is 26.3. The van der Waals surface area contributed by atoms with Crippen LogP contribution in [0.1, 0.15) is 25.0 Å². The highest BCUT2D eigenvalue weighted by Crippen LogP contribution is 2.51. The summed E-state index contributed by atoms with van der Waals surface area (Å²) in [7, 11) is 0. The summed E-state index contributed by atoms with van der Waals surface area (Å²) in [6, 6.07) is 55.5. The molecule has 2 nitrogen and oxygen atoms in total. The minimum absolute atomic E-state index is 0.0390. The lowest BCUT2D eigenvalue weighted by Crippen LogP contribution is -2.15. The molecule has 222 valence electrons. The third-order valence-electron chi connectivity index (χ3n) is 10.4. The van der Waals surface area contributed by atoms with Gasteiger partial charge in [-0.05, 0) is 109 Å². The normalized spacial score (nSPS) is 13.5. The van der Waals surface area contributed by atoms with Crippen LogP contribution in [0.25, 0.3) is 65.4 Å². The fraction of sp³-hybridized carbons (Fsp3) is 0.0667. The van der Waals surface area contributed by atoms with E-state index < -0.39 is 0 Å². The highest BCUT2D eigenvalue weighted by Gasteiger charge is 2.35. The van der Waals surface area contributed by atoms with Crippen LogP contribution in [0.5, 0.6) is 0 Å². The molecule has 1 aliphatic carbocycles. The predicted molar refractivity (Wildman–Crippen MR) is 198 cm³/mol. The summed E-state index contributed by atoms with van der Waals surface area (Å²) in [6.45, 7) is 4.68. The number of anilines is 3. The van der Waals surface area contributed by atoms with E-state index in [0.29, 0.717) is 0 Å². The number of nitrogens with zero attached hydrogens (tertiary/aromatic N) is 1. The number of rotatable bonds is 3. The van der Waals surface area contributed by atoms with Crippen LogP contribution in [0.2, 0.25) is 0 Å². The van der Waals surface area contributed by atoms with Crippen molar-refractivity contribution >= 4 is 71.3 Å². The van der Waals surface area contributed by atoms with Gasteiger partial charge in [-0.1, -0.05) is 111 Å². The Morgan fingerprint density at radius 2 is 1.04 bits per heavy atom. The minimum Gasteiger partial charge on any atom is -0.456 e. The summed E-state index contributed by atoms with van der Waals surface area (Å²) in [5.41, 5.74) is 10.6.